The van der Waals surface area contributed by atoms with Crippen LogP contribution in [-0.2, 0) is 10.3 Å². The Hall–Kier alpha value is -2.66. The number of hydrogen-bond donors (Lipinski definition) is 1. The molecule has 1 amide bonds. The van der Waals surface area contributed by atoms with E-state index in [-0.39, 0.29) is 5.82 Å². The highest BCUT2D eigenvalue weighted by Gasteiger charge is 2.33. The number of carbonyl (C=O) groups excluding carboxylic acids is 1. The van der Waals surface area contributed by atoms with Crippen LogP contribution < -0.4 is 5.32 Å². The van der Waals surface area contributed by atoms with E-state index in [1.54, 1.807) is 11.3 Å². The number of nitrogens with one attached hydrogen (secondary N) is 1. The van der Waals surface area contributed by atoms with Gasteiger partial charge in [-0.25, -0.2) is 9.18 Å². The highest BCUT2D eigenvalue weighted by atomic mass is 32.1. The van der Waals surface area contributed by atoms with Crippen molar-refractivity contribution in [3.8, 4) is 22.3 Å². The largest absolute Gasteiger partial charge is 0.438 e. The SMILES string of the molecule is CC1(C)OC(=O)Nc2ccc(-c3cc(F)cc(-c4ccsc4)c3)cc21. The van der Waals surface area contributed by atoms with Gasteiger partial charge in [-0.3, -0.25) is 5.32 Å². The van der Waals surface area contributed by atoms with E-state index >= 15 is 0 Å². The van der Waals surface area contributed by atoms with Gasteiger partial charge in [-0.2, -0.15) is 11.3 Å². The third-order valence-electron chi connectivity index (χ3n) is 4.34. The lowest BCUT2D eigenvalue weighted by Crippen LogP contribution is -2.34. The molecule has 0 unspecified atom stereocenters. The fraction of sp³-hybridized carbons (Fsp3) is 0.150. The van der Waals surface area contributed by atoms with E-state index in [0.29, 0.717) is 0 Å². The van der Waals surface area contributed by atoms with Crippen LogP contribution in [0.25, 0.3) is 22.3 Å². The summed E-state index contributed by atoms with van der Waals surface area (Å²) in [4.78, 5) is 11.6. The van der Waals surface area contributed by atoms with Gasteiger partial charge in [0.1, 0.15) is 11.4 Å². The molecular formula is C20H16FNO2S. The van der Waals surface area contributed by atoms with Gasteiger partial charge in [-0.05, 0) is 83.3 Å². The maximum absolute atomic E-state index is 14.2. The molecular weight excluding hydrogens is 337 g/mol. The number of halogens is 1. The van der Waals surface area contributed by atoms with Crippen molar-refractivity contribution in [3.05, 3.63) is 64.6 Å². The van der Waals surface area contributed by atoms with E-state index in [2.05, 4.69) is 5.32 Å². The van der Waals surface area contributed by atoms with E-state index in [0.717, 1.165) is 33.5 Å². The Bertz CT molecular complexity index is 964. The Morgan fingerprint density at radius 3 is 2.48 bits per heavy atom. The van der Waals surface area contributed by atoms with Gasteiger partial charge in [-0.15, -0.1) is 0 Å². The summed E-state index contributed by atoms with van der Waals surface area (Å²) in [5.74, 6) is -0.278. The number of ether oxygens (including phenoxy) is 1. The summed E-state index contributed by atoms with van der Waals surface area (Å²) in [7, 11) is 0. The number of rotatable bonds is 2. The summed E-state index contributed by atoms with van der Waals surface area (Å²) in [5.41, 5.74) is 4.36. The second-order valence-corrected chi connectivity index (χ2v) is 7.31. The molecule has 3 nitrogen and oxygen atoms in total. The molecule has 0 saturated carbocycles. The summed E-state index contributed by atoms with van der Waals surface area (Å²) in [5, 5.41) is 6.68. The van der Waals surface area contributed by atoms with Crippen molar-refractivity contribution in [2.24, 2.45) is 0 Å². The first kappa shape index (κ1) is 15.8. The molecule has 25 heavy (non-hydrogen) atoms. The first-order valence-electron chi connectivity index (χ1n) is 7.90. The molecule has 0 fully saturated rings. The molecule has 0 aliphatic carbocycles. The minimum absolute atomic E-state index is 0.278. The number of carbonyl (C=O) groups is 1. The number of benzene rings is 2. The third-order valence-corrected chi connectivity index (χ3v) is 5.02. The minimum Gasteiger partial charge on any atom is -0.438 e. The first-order chi connectivity index (χ1) is 11.9. The zero-order valence-corrected chi connectivity index (χ0v) is 14.6. The van der Waals surface area contributed by atoms with Crippen LogP contribution in [-0.4, -0.2) is 6.09 Å². The molecule has 0 radical (unpaired) electrons. The predicted molar refractivity (Wildman–Crippen MR) is 98.3 cm³/mol. The summed E-state index contributed by atoms with van der Waals surface area (Å²) >= 11 is 1.58. The molecule has 1 aliphatic rings. The molecule has 0 spiro atoms. The van der Waals surface area contributed by atoms with E-state index in [1.807, 2.05) is 54.9 Å². The number of anilines is 1. The maximum Gasteiger partial charge on any atom is 0.412 e. The molecule has 0 saturated heterocycles. The molecule has 2 aromatic carbocycles. The van der Waals surface area contributed by atoms with Gasteiger partial charge in [0, 0.05) is 5.56 Å². The predicted octanol–water partition coefficient (Wildman–Crippen LogP) is 6.02. The summed E-state index contributed by atoms with van der Waals surface area (Å²) < 4.78 is 19.5. The molecule has 0 bridgehead atoms. The molecule has 2 heterocycles. The zero-order valence-electron chi connectivity index (χ0n) is 13.8. The molecule has 0 atom stereocenters. The van der Waals surface area contributed by atoms with Crippen molar-refractivity contribution < 1.29 is 13.9 Å². The number of hydrogen-bond acceptors (Lipinski definition) is 3. The minimum atomic E-state index is -0.739. The molecule has 1 aliphatic heterocycles. The van der Waals surface area contributed by atoms with Crippen molar-refractivity contribution in [2.75, 3.05) is 5.32 Å². The molecule has 1 N–H and O–H groups in total. The average molecular weight is 353 g/mol. The van der Waals surface area contributed by atoms with E-state index in [9.17, 15) is 9.18 Å². The maximum atomic E-state index is 14.2. The Labute approximate surface area is 149 Å². The number of amides is 1. The Balaban J connectivity index is 1.82. The van der Waals surface area contributed by atoms with Crippen LogP contribution in [0.15, 0.2) is 53.2 Å². The van der Waals surface area contributed by atoms with Gasteiger partial charge in [0.2, 0.25) is 0 Å². The Kier molecular flexibility index (Phi) is 3.62. The highest BCUT2D eigenvalue weighted by Crippen LogP contribution is 2.38. The quantitative estimate of drug-likeness (QED) is 0.612. The van der Waals surface area contributed by atoms with E-state index < -0.39 is 11.7 Å². The van der Waals surface area contributed by atoms with Crippen LogP contribution in [0.2, 0.25) is 0 Å². The summed E-state index contributed by atoms with van der Waals surface area (Å²) in [6.07, 6.45) is -0.462. The molecule has 126 valence electrons. The lowest BCUT2D eigenvalue weighted by molar-refractivity contribution is 0.0421. The van der Waals surface area contributed by atoms with Crippen LogP contribution in [0.3, 0.4) is 0 Å². The van der Waals surface area contributed by atoms with Gasteiger partial charge < -0.3 is 4.74 Å². The fourth-order valence-corrected chi connectivity index (χ4v) is 3.77. The normalized spacial score (nSPS) is 15.2. The van der Waals surface area contributed by atoms with Crippen LogP contribution in [0.1, 0.15) is 19.4 Å². The highest BCUT2D eigenvalue weighted by molar-refractivity contribution is 7.08. The van der Waals surface area contributed by atoms with Crippen molar-refractivity contribution in [2.45, 2.75) is 19.4 Å². The van der Waals surface area contributed by atoms with Gasteiger partial charge >= 0.3 is 6.09 Å². The van der Waals surface area contributed by atoms with Gasteiger partial charge in [0.25, 0.3) is 0 Å². The summed E-state index contributed by atoms with van der Waals surface area (Å²) in [6, 6.07) is 12.7. The van der Waals surface area contributed by atoms with E-state index in [1.165, 1.54) is 12.1 Å². The summed E-state index contributed by atoms with van der Waals surface area (Å²) in [6.45, 7) is 3.69. The first-order valence-corrected chi connectivity index (χ1v) is 8.85. The lowest BCUT2D eigenvalue weighted by Gasteiger charge is -2.32. The van der Waals surface area contributed by atoms with Gasteiger partial charge in [-0.1, -0.05) is 6.07 Å². The molecule has 5 heteroatoms. The number of fused-ring (bicyclic) bond motifs is 1. The monoisotopic (exact) mass is 353 g/mol. The van der Waals surface area contributed by atoms with Crippen molar-refractivity contribution in [3.63, 3.8) is 0 Å². The smallest absolute Gasteiger partial charge is 0.412 e. The molecule has 4 rings (SSSR count). The van der Waals surface area contributed by atoms with Crippen LogP contribution >= 0.6 is 11.3 Å². The second kappa shape index (κ2) is 5.70. The number of thiophene rings is 1. The Morgan fingerprint density at radius 1 is 1.00 bits per heavy atom. The Morgan fingerprint density at radius 2 is 1.76 bits per heavy atom. The topological polar surface area (TPSA) is 38.3 Å². The van der Waals surface area contributed by atoms with Gasteiger partial charge in [0.15, 0.2) is 0 Å². The van der Waals surface area contributed by atoms with E-state index in [4.69, 9.17) is 4.74 Å². The fourth-order valence-electron chi connectivity index (χ4n) is 3.10. The van der Waals surface area contributed by atoms with Crippen LogP contribution in [0.5, 0.6) is 0 Å². The third kappa shape index (κ3) is 2.91. The number of cyclic esters (lactones) is 1. The van der Waals surface area contributed by atoms with Crippen molar-refractivity contribution in [1.82, 2.24) is 0 Å². The van der Waals surface area contributed by atoms with Crippen LogP contribution in [0.4, 0.5) is 14.9 Å². The molecule has 3 aromatic rings. The van der Waals surface area contributed by atoms with Crippen molar-refractivity contribution >= 4 is 23.1 Å². The standard InChI is InChI=1S/C20H16FNO2S/c1-20(2)17-10-12(3-4-18(17)22-19(23)24-20)14-7-15(9-16(21)8-14)13-5-6-25-11-13/h3-11H,1-2H3,(H,22,23). The zero-order chi connectivity index (χ0) is 17.6. The average Bonchev–Trinajstić information content (AvgIpc) is 3.07. The molecule has 1 aromatic heterocycles. The second-order valence-electron chi connectivity index (χ2n) is 6.53. The van der Waals surface area contributed by atoms with Crippen LogP contribution in [0, 0.1) is 5.82 Å². The lowest BCUT2D eigenvalue weighted by atomic mass is 9.90. The van der Waals surface area contributed by atoms with Crippen molar-refractivity contribution in [1.29, 1.82) is 0 Å². The van der Waals surface area contributed by atoms with Gasteiger partial charge in [0.05, 0.1) is 5.69 Å².